The summed E-state index contributed by atoms with van der Waals surface area (Å²) < 4.78 is 31.5. The molecule has 0 N–H and O–H groups in total. The van der Waals surface area contributed by atoms with Crippen molar-refractivity contribution >= 4 is 12.0 Å². The molecule has 0 saturated carbocycles. The van der Waals surface area contributed by atoms with E-state index in [2.05, 4.69) is 0 Å². The summed E-state index contributed by atoms with van der Waals surface area (Å²) in [7, 11) is 3.29. The highest BCUT2D eigenvalue weighted by Crippen LogP contribution is 2.21. The van der Waals surface area contributed by atoms with E-state index in [0.29, 0.717) is 52.9 Å². The Balaban J connectivity index is 0.00000277. The molecule has 0 aliphatic heterocycles. The summed E-state index contributed by atoms with van der Waals surface area (Å²) in [6.07, 6.45) is 0. The molecule has 0 radical (unpaired) electrons. The highest BCUT2D eigenvalue weighted by Gasteiger charge is 1.97. The summed E-state index contributed by atoms with van der Waals surface area (Å²) in [6, 6.07) is 7.72. The van der Waals surface area contributed by atoms with Crippen LogP contribution in [0.2, 0.25) is 0 Å². The van der Waals surface area contributed by atoms with Gasteiger partial charge in [0.2, 0.25) is 0 Å². The average Bonchev–Trinajstić information content (AvgIpc) is 2.66. The lowest BCUT2D eigenvalue weighted by atomic mass is 10.3. The molecule has 0 aliphatic carbocycles. The lowest BCUT2D eigenvalue weighted by Gasteiger charge is -2.08. The average molecular weight is 377 g/mol. The van der Waals surface area contributed by atoms with Crippen LogP contribution in [0.1, 0.15) is 13.8 Å². The molecule has 0 saturated heterocycles. The van der Waals surface area contributed by atoms with E-state index in [-0.39, 0.29) is 0 Å². The molecule has 0 amide bonds. The van der Waals surface area contributed by atoms with Crippen LogP contribution in [0.5, 0.6) is 5.75 Å². The monoisotopic (exact) mass is 376 g/mol. The second-order valence-corrected chi connectivity index (χ2v) is 5.37. The third kappa shape index (κ3) is 15.2. The second kappa shape index (κ2) is 19.5. The highest BCUT2D eigenvalue weighted by atomic mass is 32.2. The van der Waals surface area contributed by atoms with Crippen LogP contribution in [0.4, 0.5) is 0 Å². The van der Waals surface area contributed by atoms with E-state index in [1.165, 1.54) is 12.0 Å². The normalized spacial score (nSPS) is 10.2. The zero-order chi connectivity index (χ0) is 18.6. The van der Waals surface area contributed by atoms with E-state index >= 15 is 0 Å². The molecule has 146 valence electrons. The van der Waals surface area contributed by atoms with Gasteiger partial charge in [0.05, 0.1) is 53.4 Å². The third-order valence-corrected chi connectivity index (χ3v) is 3.31. The molecule has 0 fully saturated rings. The van der Waals surface area contributed by atoms with Gasteiger partial charge in [0.1, 0.15) is 12.4 Å². The topological polar surface area (TPSA) is 55.4 Å². The molecule has 1 aromatic carbocycles. The zero-order valence-corrected chi connectivity index (χ0v) is 16.6. The SMILES string of the molecule is CC.COCCOCCOCCOCCOc1ccc(SOC)cc1. The van der Waals surface area contributed by atoms with E-state index in [1.54, 1.807) is 14.2 Å². The van der Waals surface area contributed by atoms with Gasteiger partial charge in [0.15, 0.2) is 0 Å². The third-order valence-electron chi connectivity index (χ3n) is 2.68. The Kier molecular flexibility index (Phi) is 18.8. The lowest BCUT2D eigenvalue weighted by Crippen LogP contribution is -2.13. The standard InChI is InChI=1S/C16H26O6S.C2H6/c1-17-7-8-19-9-10-20-11-12-21-13-14-22-15-3-5-16(6-4-15)23-18-2;1-2/h3-6H,7-14H2,1-2H3;1-2H3. The predicted molar refractivity (Wildman–Crippen MR) is 100 cm³/mol. The first-order chi connectivity index (χ1) is 12.4. The van der Waals surface area contributed by atoms with Gasteiger partial charge >= 0.3 is 0 Å². The fraction of sp³-hybridized carbons (Fsp3) is 0.667. The van der Waals surface area contributed by atoms with Crippen molar-refractivity contribution in [1.82, 2.24) is 0 Å². The number of hydrogen-bond acceptors (Lipinski definition) is 7. The highest BCUT2D eigenvalue weighted by molar-refractivity contribution is 7.94. The molecule has 25 heavy (non-hydrogen) atoms. The maximum atomic E-state index is 5.57. The van der Waals surface area contributed by atoms with E-state index < -0.39 is 0 Å². The number of hydrogen-bond donors (Lipinski definition) is 0. The minimum Gasteiger partial charge on any atom is -0.491 e. The smallest absolute Gasteiger partial charge is 0.119 e. The minimum atomic E-state index is 0.511. The zero-order valence-electron chi connectivity index (χ0n) is 15.8. The van der Waals surface area contributed by atoms with Gasteiger partial charge in [0.25, 0.3) is 0 Å². The minimum absolute atomic E-state index is 0.511. The number of methoxy groups -OCH3 is 1. The second-order valence-electron chi connectivity index (χ2n) is 4.40. The van der Waals surface area contributed by atoms with Crippen molar-refractivity contribution < 1.29 is 27.9 Å². The fourth-order valence-electron chi connectivity index (χ4n) is 1.59. The Morgan fingerprint density at radius 3 is 1.64 bits per heavy atom. The summed E-state index contributed by atoms with van der Waals surface area (Å²) in [5.74, 6) is 0.818. The molecule has 0 heterocycles. The quantitative estimate of drug-likeness (QED) is 0.343. The fourth-order valence-corrected chi connectivity index (χ4v) is 2.03. The molecule has 7 heteroatoms. The first kappa shape index (κ1) is 24.2. The lowest BCUT2D eigenvalue weighted by molar-refractivity contribution is 0.000162. The Morgan fingerprint density at radius 2 is 1.16 bits per heavy atom. The molecule has 0 aliphatic rings. The van der Waals surface area contributed by atoms with Gasteiger partial charge in [0, 0.05) is 24.0 Å². The van der Waals surface area contributed by atoms with E-state index in [4.69, 9.17) is 27.9 Å². The van der Waals surface area contributed by atoms with Crippen molar-refractivity contribution in [3.8, 4) is 5.75 Å². The predicted octanol–water partition coefficient (Wildman–Crippen LogP) is 3.44. The van der Waals surface area contributed by atoms with Crippen LogP contribution in [-0.2, 0) is 23.1 Å². The van der Waals surface area contributed by atoms with Crippen molar-refractivity contribution in [3.63, 3.8) is 0 Å². The van der Waals surface area contributed by atoms with Crippen LogP contribution in [0.15, 0.2) is 29.2 Å². The molecule has 0 spiro atoms. The van der Waals surface area contributed by atoms with E-state index in [1.807, 2.05) is 38.1 Å². The van der Waals surface area contributed by atoms with Gasteiger partial charge < -0.3 is 27.9 Å². The molecule has 1 rings (SSSR count). The summed E-state index contributed by atoms with van der Waals surface area (Å²) in [5.41, 5.74) is 0. The Hall–Kier alpha value is -0.830. The molecule has 0 unspecified atom stereocenters. The van der Waals surface area contributed by atoms with Gasteiger partial charge in [-0.3, -0.25) is 0 Å². The molecule has 0 aromatic heterocycles. The first-order valence-electron chi connectivity index (χ1n) is 8.52. The number of benzene rings is 1. The molecular weight excluding hydrogens is 344 g/mol. The van der Waals surface area contributed by atoms with Crippen molar-refractivity contribution in [1.29, 1.82) is 0 Å². The van der Waals surface area contributed by atoms with Gasteiger partial charge in [-0.2, -0.15) is 0 Å². The van der Waals surface area contributed by atoms with Crippen molar-refractivity contribution in [3.05, 3.63) is 24.3 Å². The molecule has 6 nitrogen and oxygen atoms in total. The summed E-state index contributed by atoms with van der Waals surface area (Å²) in [5, 5.41) is 0. The molecular formula is C18H32O6S. The van der Waals surface area contributed by atoms with E-state index in [0.717, 1.165) is 10.6 Å². The van der Waals surface area contributed by atoms with Crippen LogP contribution < -0.4 is 4.74 Å². The number of rotatable bonds is 15. The van der Waals surface area contributed by atoms with Crippen molar-refractivity contribution in [2.24, 2.45) is 0 Å². The molecule has 0 atom stereocenters. The summed E-state index contributed by atoms with van der Waals surface area (Å²) in [6.45, 7) is 8.48. The Labute approximate surface area is 156 Å². The Morgan fingerprint density at radius 1 is 0.680 bits per heavy atom. The van der Waals surface area contributed by atoms with Crippen LogP contribution >= 0.6 is 12.0 Å². The largest absolute Gasteiger partial charge is 0.491 e. The van der Waals surface area contributed by atoms with Crippen LogP contribution in [-0.4, -0.2) is 67.1 Å². The van der Waals surface area contributed by atoms with Crippen molar-refractivity contribution in [2.45, 2.75) is 18.7 Å². The molecule has 0 bridgehead atoms. The van der Waals surface area contributed by atoms with Crippen molar-refractivity contribution in [2.75, 3.05) is 67.1 Å². The van der Waals surface area contributed by atoms with Gasteiger partial charge in [-0.15, -0.1) is 0 Å². The summed E-state index contributed by atoms with van der Waals surface area (Å²) >= 11 is 1.32. The van der Waals surface area contributed by atoms with Crippen LogP contribution in [0, 0.1) is 0 Å². The van der Waals surface area contributed by atoms with Crippen LogP contribution in [0.25, 0.3) is 0 Å². The van der Waals surface area contributed by atoms with Crippen LogP contribution in [0.3, 0.4) is 0 Å². The maximum Gasteiger partial charge on any atom is 0.119 e. The van der Waals surface area contributed by atoms with Gasteiger partial charge in [-0.05, 0) is 24.3 Å². The number of ether oxygens (including phenoxy) is 5. The van der Waals surface area contributed by atoms with E-state index in [9.17, 15) is 0 Å². The van der Waals surface area contributed by atoms with Gasteiger partial charge in [-0.25, -0.2) is 0 Å². The first-order valence-corrected chi connectivity index (χ1v) is 9.26. The maximum absolute atomic E-state index is 5.57. The summed E-state index contributed by atoms with van der Waals surface area (Å²) in [4.78, 5) is 1.04. The molecule has 1 aromatic rings. The Bertz CT molecular complexity index is 374. The van der Waals surface area contributed by atoms with Gasteiger partial charge in [-0.1, -0.05) is 13.8 Å².